The van der Waals surface area contributed by atoms with Gasteiger partial charge in [0.2, 0.25) is 47.3 Å². The summed E-state index contributed by atoms with van der Waals surface area (Å²) in [5.41, 5.74) is 12.3. The van der Waals surface area contributed by atoms with Crippen LogP contribution in [0.5, 0.6) is 0 Å². The summed E-state index contributed by atoms with van der Waals surface area (Å²) in [5, 5.41) is 20.3. The normalized spacial score (nSPS) is 23.0. The van der Waals surface area contributed by atoms with Crippen molar-refractivity contribution in [2.24, 2.45) is 22.4 Å². The van der Waals surface area contributed by atoms with Crippen molar-refractivity contribution in [2.75, 3.05) is 26.2 Å². The fourth-order valence-corrected chi connectivity index (χ4v) is 5.73. The second-order valence-corrected chi connectivity index (χ2v) is 13.7. The Morgan fingerprint density at radius 3 is 1.51 bits per heavy atom. The van der Waals surface area contributed by atoms with E-state index in [1.807, 2.05) is 0 Å². The van der Waals surface area contributed by atoms with Crippen LogP contribution >= 0.6 is 0 Å². The number of guanidine groups is 1. The molecule has 0 saturated carbocycles. The molecule has 6 atom stereocenters. The highest BCUT2D eigenvalue weighted by Crippen LogP contribution is 2.09. The highest BCUT2D eigenvalue weighted by molar-refractivity contribution is 5.97. The third-order valence-corrected chi connectivity index (χ3v) is 8.81. The van der Waals surface area contributed by atoms with Crippen LogP contribution in [0.4, 0.5) is 0 Å². The molecule has 0 spiro atoms. The first kappa shape index (κ1) is 44.9. The van der Waals surface area contributed by atoms with Crippen LogP contribution in [0.1, 0.15) is 44.7 Å². The van der Waals surface area contributed by atoms with E-state index >= 15 is 0 Å². The molecule has 0 radical (unpaired) electrons. The van der Waals surface area contributed by atoms with Gasteiger partial charge in [-0.1, -0.05) is 74.5 Å². The molecule has 0 aliphatic carbocycles. The minimum absolute atomic E-state index is 0.0139. The third kappa shape index (κ3) is 16.0. The van der Waals surface area contributed by atoms with Gasteiger partial charge in [-0.05, 0) is 36.8 Å². The van der Waals surface area contributed by atoms with Crippen LogP contribution in [0.15, 0.2) is 65.7 Å². The minimum Gasteiger partial charge on any atom is -0.370 e. The molecule has 308 valence electrons. The zero-order chi connectivity index (χ0) is 41.9. The molecule has 1 saturated heterocycles. The van der Waals surface area contributed by atoms with Gasteiger partial charge in [-0.25, -0.2) is 0 Å². The predicted molar refractivity (Wildman–Crippen MR) is 209 cm³/mol. The lowest BCUT2D eigenvalue weighted by Gasteiger charge is -2.25. The Hall–Kier alpha value is -6.53. The van der Waals surface area contributed by atoms with E-state index in [9.17, 15) is 38.4 Å². The van der Waals surface area contributed by atoms with E-state index in [-0.39, 0.29) is 44.1 Å². The fraction of sp³-hybridized carbons (Fsp3) is 0.447. The summed E-state index contributed by atoms with van der Waals surface area (Å²) in [6.07, 6.45) is 0.202. The number of nitrogens with one attached hydrogen (secondary N) is 8. The summed E-state index contributed by atoms with van der Waals surface area (Å²) in [5.74, 6) is -6.29. The lowest BCUT2D eigenvalue weighted by molar-refractivity contribution is -0.134. The molecule has 19 nitrogen and oxygen atoms in total. The number of hydrogen-bond acceptors (Lipinski definition) is 9. The van der Waals surface area contributed by atoms with Gasteiger partial charge >= 0.3 is 0 Å². The maximum absolute atomic E-state index is 13.9. The van der Waals surface area contributed by atoms with Crippen LogP contribution in [0, 0.1) is 5.92 Å². The van der Waals surface area contributed by atoms with Gasteiger partial charge in [0.15, 0.2) is 5.96 Å². The molecule has 57 heavy (non-hydrogen) atoms. The van der Waals surface area contributed by atoms with E-state index < -0.39 is 97.1 Å². The quantitative estimate of drug-likeness (QED) is 0.0907. The standard InChI is InChI=1S/C38H53N11O8/c1-4-26-36(56)45-23(3)33(53)41-19-31(51)48-29(17-25-13-9-6-10-14-25)37(57)49-28(16-24-11-7-5-8-12-24)35(55)43-21-32(52)47-27(15-22(2)18-44-38(39)40)34(54)42-20-30(50)46-26/h5-14,22-23,26-29H,4,15-21H2,1-3H3,(H,41,53)(H,42,54)(H,43,55)(H,45,56)(H,46,50)(H,47,52)(H,48,51)(H,49,57)(H4,39,40,44)/t22?,23-,26+,27+,28-,29+/m0/s1. The van der Waals surface area contributed by atoms with Crippen LogP contribution in [0.25, 0.3) is 0 Å². The first-order chi connectivity index (χ1) is 27.1. The maximum Gasteiger partial charge on any atom is 0.243 e. The zero-order valence-electron chi connectivity index (χ0n) is 32.3. The molecule has 1 aliphatic heterocycles. The molecule has 1 heterocycles. The number of benzene rings is 2. The molecule has 19 heteroatoms. The molecule has 1 fully saturated rings. The first-order valence-electron chi connectivity index (χ1n) is 18.6. The molecule has 2 aromatic carbocycles. The Bertz CT molecular complexity index is 1760. The van der Waals surface area contributed by atoms with Crippen molar-refractivity contribution in [3.8, 4) is 0 Å². The smallest absolute Gasteiger partial charge is 0.243 e. The minimum atomic E-state index is -1.22. The molecule has 8 amide bonds. The Labute approximate surface area is 330 Å². The summed E-state index contributed by atoms with van der Waals surface area (Å²) < 4.78 is 0. The van der Waals surface area contributed by atoms with Crippen LogP contribution in [-0.2, 0) is 51.2 Å². The van der Waals surface area contributed by atoms with E-state index in [1.165, 1.54) is 6.92 Å². The number of carbonyl (C=O) groups is 8. The Morgan fingerprint density at radius 1 is 0.596 bits per heavy atom. The maximum atomic E-state index is 13.9. The van der Waals surface area contributed by atoms with Crippen LogP contribution in [0.2, 0.25) is 0 Å². The molecule has 1 unspecified atom stereocenters. The zero-order valence-corrected chi connectivity index (χ0v) is 32.3. The predicted octanol–water partition coefficient (Wildman–Crippen LogP) is -3.01. The number of nitrogens with two attached hydrogens (primary N) is 2. The molecule has 12 N–H and O–H groups in total. The molecule has 3 rings (SSSR count). The molecular formula is C38H53N11O8. The van der Waals surface area contributed by atoms with Gasteiger partial charge in [-0.15, -0.1) is 0 Å². The van der Waals surface area contributed by atoms with Gasteiger partial charge in [0.25, 0.3) is 0 Å². The molecule has 0 aromatic heterocycles. The summed E-state index contributed by atoms with van der Waals surface area (Å²) in [7, 11) is 0. The average Bonchev–Trinajstić information content (AvgIpc) is 3.18. The highest BCUT2D eigenvalue weighted by atomic mass is 16.2. The van der Waals surface area contributed by atoms with Gasteiger partial charge in [0.1, 0.15) is 30.2 Å². The van der Waals surface area contributed by atoms with Gasteiger partial charge < -0.3 is 54.0 Å². The Morgan fingerprint density at radius 2 is 1.02 bits per heavy atom. The number of aliphatic imine (C=N–C) groups is 1. The highest BCUT2D eigenvalue weighted by Gasteiger charge is 2.30. The number of carbonyl (C=O) groups excluding carboxylic acids is 8. The fourth-order valence-electron chi connectivity index (χ4n) is 5.73. The van der Waals surface area contributed by atoms with Crippen molar-refractivity contribution < 1.29 is 38.4 Å². The van der Waals surface area contributed by atoms with Crippen LogP contribution < -0.4 is 54.0 Å². The van der Waals surface area contributed by atoms with E-state index in [1.54, 1.807) is 74.5 Å². The lowest BCUT2D eigenvalue weighted by atomic mass is 10.0. The Balaban J connectivity index is 1.93. The third-order valence-electron chi connectivity index (χ3n) is 8.81. The van der Waals surface area contributed by atoms with E-state index in [2.05, 4.69) is 47.5 Å². The SMILES string of the molecule is CC[C@H]1NC(=O)CNC(=O)[C@@H](CC(C)CN=C(N)N)NC(=O)CNC(=O)[C@H](Cc2ccccc2)NC(=O)[C@@H](Cc2ccccc2)NC(=O)CNC(=O)[C@H](C)NC1=O. The van der Waals surface area contributed by atoms with Crippen molar-refractivity contribution in [1.82, 2.24) is 42.5 Å². The molecular weight excluding hydrogens is 738 g/mol. The van der Waals surface area contributed by atoms with E-state index in [0.29, 0.717) is 11.1 Å². The van der Waals surface area contributed by atoms with E-state index in [0.717, 1.165) is 0 Å². The number of rotatable bonds is 9. The van der Waals surface area contributed by atoms with Crippen molar-refractivity contribution in [3.05, 3.63) is 71.8 Å². The number of amides is 8. The summed E-state index contributed by atoms with van der Waals surface area (Å²) in [6.45, 7) is 3.16. The largest absolute Gasteiger partial charge is 0.370 e. The topological polar surface area (TPSA) is 297 Å². The van der Waals surface area contributed by atoms with Gasteiger partial charge in [-0.2, -0.15) is 0 Å². The van der Waals surface area contributed by atoms with Crippen molar-refractivity contribution in [3.63, 3.8) is 0 Å². The van der Waals surface area contributed by atoms with Gasteiger partial charge in [0, 0.05) is 19.4 Å². The molecule has 2 aromatic rings. The van der Waals surface area contributed by atoms with Crippen LogP contribution in [0.3, 0.4) is 0 Å². The second kappa shape index (κ2) is 22.8. The molecule has 0 bridgehead atoms. The van der Waals surface area contributed by atoms with Crippen molar-refractivity contribution >= 4 is 53.2 Å². The monoisotopic (exact) mass is 791 g/mol. The average molecular weight is 792 g/mol. The number of hydrogen-bond donors (Lipinski definition) is 10. The summed E-state index contributed by atoms with van der Waals surface area (Å²) in [4.78, 5) is 110. The van der Waals surface area contributed by atoms with E-state index in [4.69, 9.17) is 11.5 Å². The van der Waals surface area contributed by atoms with Gasteiger partial charge in [0.05, 0.1) is 19.6 Å². The van der Waals surface area contributed by atoms with Crippen molar-refractivity contribution in [1.29, 1.82) is 0 Å². The van der Waals surface area contributed by atoms with Crippen LogP contribution in [-0.4, -0.2) is 110 Å². The number of nitrogens with zero attached hydrogens (tertiary/aromatic N) is 1. The van der Waals surface area contributed by atoms with Gasteiger partial charge in [-0.3, -0.25) is 43.3 Å². The summed E-state index contributed by atoms with van der Waals surface area (Å²) >= 11 is 0. The first-order valence-corrected chi connectivity index (χ1v) is 18.6. The summed E-state index contributed by atoms with van der Waals surface area (Å²) in [6, 6.07) is 11.8. The molecule has 1 aliphatic rings. The second-order valence-electron chi connectivity index (χ2n) is 13.7. The lowest BCUT2D eigenvalue weighted by Crippen LogP contribution is -2.58. The van der Waals surface area contributed by atoms with Crippen molar-refractivity contribution in [2.45, 2.75) is 76.7 Å². The Kier molecular flexibility index (Phi) is 17.9.